The van der Waals surface area contributed by atoms with Crippen LogP contribution in [0.3, 0.4) is 0 Å². The highest BCUT2D eigenvalue weighted by atomic mass is 31.2. The maximum atomic E-state index is 14.9. The summed E-state index contributed by atoms with van der Waals surface area (Å²) < 4.78 is 53.3. The molecule has 11 heteroatoms. The van der Waals surface area contributed by atoms with Crippen LogP contribution in [0, 0.1) is 5.82 Å². The summed E-state index contributed by atoms with van der Waals surface area (Å²) in [4.78, 5) is 29.2. The molecule has 0 aliphatic carbocycles. The molecule has 0 amide bonds. The van der Waals surface area contributed by atoms with Crippen molar-refractivity contribution >= 4 is 29.4 Å². The Bertz CT molecular complexity index is 1470. The topological polar surface area (TPSA) is 82.1 Å². The van der Waals surface area contributed by atoms with Crippen LogP contribution in [0.25, 0.3) is 10.8 Å². The number of pyridine rings is 1. The fraction of sp³-hybridized carbons (Fsp3) is 0.240. The molecule has 2 aromatic carbocycles. The van der Waals surface area contributed by atoms with E-state index in [0.717, 1.165) is 17.8 Å². The van der Waals surface area contributed by atoms with Gasteiger partial charge in [-0.05, 0) is 35.9 Å². The van der Waals surface area contributed by atoms with Gasteiger partial charge in [-0.25, -0.2) is 19.4 Å². The number of halogens is 4. The van der Waals surface area contributed by atoms with Crippen molar-refractivity contribution < 1.29 is 22.5 Å². The molecule has 5 rings (SSSR count). The molecule has 0 spiro atoms. The summed E-state index contributed by atoms with van der Waals surface area (Å²) in [5, 5.41) is 8.17. The molecule has 4 aromatic rings. The molecule has 186 valence electrons. The lowest BCUT2D eigenvalue weighted by molar-refractivity contribution is -0.137. The van der Waals surface area contributed by atoms with Crippen LogP contribution < -0.4 is 15.8 Å². The highest BCUT2D eigenvalue weighted by Gasteiger charge is 2.45. The van der Waals surface area contributed by atoms with E-state index in [-0.39, 0.29) is 23.2 Å². The monoisotopic (exact) mass is 517 g/mol. The van der Waals surface area contributed by atoms with E-state index in [2.05, 4.69) is 15.2 Å². The number of nitrogens with zero attached hydrogens (tertiary/aromatic N) is 3. The van der Waals surface area contributed by atoms with Crippen LogP contribution in [0.5, 0.6) is 0 Å². The minimum absolute atomic E-state index is 0.272. The maximum absolute atomic E-state index is 14.9. The summed E-state index contributed by atoms with van der Waals surface area (Å²) in [6, 6.07) is 14.0. The Labute approximate surface area is 204 Å². The van der Waals surface area contributed by atoms with Gasteiger partial charge in [0.2, 0.25) is 0 Å². The van der Waals surface area contributed by atoms with Gasteiger partial charge in [-0.15, -0.1) is 0 Å². The Hall–Kier alpha value is -3.36. The maximum Gasteiger partial charge on any atom is 0.417 e. The van der Waals surface area contributed by atoms with Crippen LogP contribution in [-0.4, -0.2) is 45.5 Å². The van der Waals surface area contributed by atoms with Gasteiger partial charge in [0.25, 0.3) is 5.56 Å². The molecule has 0 saturated carbocycles. The molecule has 2 N–H and O–H groups in total. The summed E-state index contributed by atoms with van der Waals surface area (Å²) >= 11 is 0. The lowest BCUT2D eigenvalue weighted by Gasteiger charge is -2.33. The molecule has 2 aromatic heterocycles. The first kappa shape index (κ1) is 24.3. The average Bonchev–Trinajstić information content (AvgIpc) is 2.87. The van der Waals surface area contributed by atoms with Crippen molar-refractivity contribution in [3.63, 3.8) is 0 Å². The molecule has 6 nitrogen and oxygen atoms in total. The summed E-state index contributed by atoms with van der Waals surface area (Å²) in [6.07, 6.45) is -2.75. The van der Waals surface area contributed by atoms with E-state index < -0.39 is 25.0 Å². The van der Waals surface area contributed by atoms with Crippen molar-refractivity contribution in [2.75, 3.05) is 30.3 Å². The lowest BCUT2D eigenvalue weighted by Crippen LogP contribution is -2.40. The van der Waals surface area contributed by atoms with E-state index >= 15 is 0 Å². The van der Waals surface area contributed by atoms with Gasteiger partial charge in [-0.2, -0.15) is 18.3 Å². The Kier molecular flexibility index (Phi) is 6.26. The number of rotatable bonds is 4. The molecule has 1 saturated heterocycles. The van der Waals surface area contributed by atoms with Gasteiger partial charge in [0.1, 0.15) is 18.1 Å². The summed E-state index contributed by atoms with van der Waals surface area (Å²) in [5.41, 5.74) is 0.271. The van der Waals surface area contributed by atoms with Gasteiger partial charge in [-0.1, -0.05) is 24.3 Å². The molecule has 1 fully saturated rings. The zero-order valence-corrected chi connectivity index (χ0v) is 19.9. The van der Waals surface area contributed by atoms with E-state index in [1.807, 2.05) is 12.1 Å². The van der Waals surface area contributed by atoms with Crippen LogP contribution in [0.2, 0.25) is 0 Å². The number of H-pyrrole nitrogens is 1. The van der Waals surface area contributed by atoms with Crippen LogP contribution in [-0.2, 0) is 12.6 Å². The molecule has 0 radical (unpaired) electrons. The molecule has 1 aliphatic heterocycles. The smallest absolute Gasteiger partial charge is 0.349 e. The van der Waals surface area contributed by atoms with Crippen molar-refractivity contribution in [1.82, 2.24) is 15.2 Å². The van der Waals surface area contributed by atoms with Gasteiger partial charge >= 0.3 is 6.18 Å². The molecule has 0 atom stereocenters. The molecule has 36 heavy (non-hydrogen) atoms. The number of hydrogen-bond acceptors (Lipinski definition) is 5. The second-order valence-corrected chi connectivity index (χ2v) is 12.0. The Morgan fingerprint density at radius 3 is 2.42 bits per heavy atom. The predicted molar refractivity (Wildman–Crippen MR) is 132 cm³/mol. The van der Waals surface area contributed by atoms with Crippen molar-refractivity contribution in [1.29, 1.82) is 0 Å². The SMILES string of the molecule is O=c1[nH]nc(Cc2ccc(F)c([P+]3(O)CCN(c4ccc(C(F)(F)F)cn4)CC3)c2)c2ccccc12. The summed E-state index contributed by atoms with van der Waals surface area (Å²) in [7, 11) is -2.84. The van der Waals surface area contributed by atoms with Crippen LogP contribution in [0.15, 0.2) is 65.6 Å². The number of benzene rings is 2. The fourth-order valence-electron chi connectivity index (χ4n) is 4.49. The lowest BCUT2D eigenvalue weighted by atomic mass is 10.0. The quantitative estimate of drug-likeness (QED) is 0.314. The predicted octanol–water partition coefficient (Wildman–Crippen LogP) is 4.14. The van der Waals surface area contributed by atoms with Crippen LogP contribution >= 0.6 is 7.49 Å². The minimum atomic E-state index is -4.46. The Morgan fingerprint density at radius 2 is 1.75 bits per heavy atom. The summed E-state index contributed by atoms with van der Waals surface area (Å²) in [6.45, 7) is 0.691. The molecular weight excluding hydrogens is 495 g/mol. The van der Waals surface area contributed by atoms with Crippen LogP contribution in [0.1, 0.15) is 16.8 Å². The molecule has 0 unspecified atom stereocenters. The molecule has 1 aliphatic rings. The van der Waals surface area contributed by atoms with Gasteiger partial charge in [-0.3, -0.25) is 4.79 Å². The van der Waals surface area contributed by atoms with E-state index in [9.17, 15) is 27.2 Å². The first-order chi connectivity index (χ1) is 17.1. The highest BCUT2D eigenvalue weighted by molar-refractivity contribution is 7.77. The van der Waals surface area contributed by atoms with Crippen molar-refractivity contribution in [2.45, 2.75) is 12.6 Å². The zero-order chi connectivity index (χ0) is 25.5. The molecular formula is C25H22F4N4O2P+. The second kappa shape index (κ2) is 9.26. The number of nitrogens with one attached hydrogen (secondary N) is 1. The number of aromatic amines is 1. The van der Waals surface area contributed by atoms with E-state index in [1.165, 1.54) is 12.1 Å². The Morgan fingerprint density at radius 1 is 1.03 bits per heavy atom. The normalized spacial score (nSPS) is 15.9. The highest BCUT2D eigenvalue weighted by Crippen LogP contribution is 2.55. The van der Waals surface area contributed by atoms with Gasteiger partial charge in [0.05, 0.1) is 29.7 Å². The van der Waals surface area contributed by atoms with Crippen molar-refractivity contribution in [3.8, 4) is 0 Å². The number of alkyl halides is 3. The zero-order valence-electron chi connectivity index (χ0n) is 19.0. The fourth-order valence-corrected chi connectivity index (χ4v) is 7.22. The third kappa shape index (κ3) is 4.70. The van der Waals surface area contributed by atoms with Gasteiger partial charge < -0.3 is 4.90 Å². The first-order valence-electron chi connectivity index (χ1n) is 11.3. The van der Waals surface area contributed by atoms with E-state index in [1.54, 1.807) is 29.2 Å². The number of hydrogen-bond donors (Lipinski definition) is 2. The molecule has 0 bridgehead atoms. The van der Waals surface area contributed by atoms with Crippen molar-refractivity contribution in [3.05, 3.63) is 93.8 Å². The largest absolute Gasteiger partial charge is 0.417 e. The Balaban J connectivity index is 1.36. The van der Waals surface area contributed by atoms with E-state index in [4.69, 9.17) is 0 Å². The van der Waals surface area contributed by atoms with Crippen molar-refractivity contribution in [2.24, 2.45) is 0 Å². The summed E-state index contributed by atoms with van der Waals surface area (Å²) in [5.74, 6) is -0.102. The minimum Gasteiger partial charge on any atom is -0.349 e. The second-order valence-electron chi connectivity index (χ2n) is 8.77. The number of aromatic nitrogens is 3. The average molecular weight is 517 g/mol. The third-order valence-corrected chi connectivity index (χ3v) is 9.60. The number of anilines is 1. The standard InChI is InChI=1S/C25H21F4N4O2P/c26-20-7-5-16(13-21-18-3-1-2-4-19(18)24(34)32-31-21)14-22(20)36(35)11-9-33(10-12-36)23-8-6-17(15-30-23)25(27,28)29/h1-8,14-15,35H,9-13H2/p+1. The number of fused-ring (bicyclic) bond motifs is 1. The van der Waals surface area contributed by atoms with Crippen LogP contribution in [0.4, 0.5) is 23.4 Å². The van der Waals surface area contributed by atoms with Gasteiger partial charge in [0.15, 0.2) is 18.6 Å². The first-order valence-corrected chi connectivity index (χ1v) is 13.4. The van der Waals surface area contributed by atoms with Gasteiger partial charge in [0, 0.05) is 18.0 Å². The molecule has 3 heterocycles. The van der Waals surface area contributed by atoms with E-state index in [0.29, 0.717) is 41.8 Å². The third-order valence-electron chi connectivity index (χ3n) is 6.48.